The molecule has 0 unspecified atom stereocenters. The van der Waals surface area contributed by atoms with Crippen LogP contribution in [0.15, 0.2) is 48.5 Å². The van der Waals surface area contributed by atoms with Gasteiger partial charge in [-0.3, -0.25) is 4.79 Å². The van der Waals surface area contributed by atoms with Crippen molar-refractivity contribution >= 4 is 29.0 Å². The Morgan fingerprint density at radius 3 is 2.20 bits per heavy atom. The van der Waals surface area contributed by atoms with Crippen molar-refractivity contribution in [2.45, 2.75) is 44.7 Å². The first kappa shape index (κ1) is 24.9. The van der Waals surface area contributed by atoms with E-state index in [-0.39, 0.29) is 11.6 Å². The number of rotatable bonds is 6. The number of carbonyl (C=O) groups is 2. The molecular weight excluding hydrogens is 457 g/mol. The lowest BCUT2D eigenvalue weighted by molar-refractivity contribution is -0.137. The molecular formula is C26H31F3N4O2. The van der Waals surface area contributed by atoms with Crippen LogP contribution >= 0.6 is 0 Å². The number of alkyl halides is 3. The molecule has 2 aromatic carbocycles. The molecule has 1 saturated carbocycles. The zero-order valence-corrected chi connectivity index (χ0v) is 19.6. The van der Waals surface area contributed by atoms with E-state index in [2.05, 4.69) is 15.5 Å². The van der Waals surface area contributed by atoms with Gasteiger partial charge in [0.1, 0.15) is 0 Å². The fourth-order valence-electron chi connectivity index (χ4n) is 4.88. The third kappa shape index (κ3) is 6.68. The van der Waals surface area contributed by atoms with Gasteiger partial charge in [-0.1, -0.05) is 37.8 Å². The van der Waals surface area contributed by atoms with Gasteiger partial charge in [-0.05, 0) is 48.7 Å². The molecule has 2 N–H and O–H groups in total. The van der Waals surface area contributed by atoms with E-state index in [1.807, 2.05) is 17.0 Å². The molecule has 2 aliphatic rings. The lowest BCUT2D eigenvalue weighted by atomic mass is 10.0. The molecule has 0 atom stereocenters. The van der Waals surface area contributed by atoms with Crippen LogP contribution in [-0.2, 0) is 11.0 Å². The lowest BCUT2D eigenvalue weighted by Crippen LogP contribution is -2.48. The SMILES string of the molecule is O=C(Nc1ccc(N2CCN(C(=O)CCC3CCCC3)CC2)cc1)Nc1ccccc1C(F)(F)F. The van der Waals surface area contributed by atoms with Gasteiger partial charge in [-0.2, -0.15) is 13.2 Å². The summed E-state index contributed by atoms with van der Waals surface area (Å²) in [6.45, 7) is 2.84. The van der Waals surface area contributed by atoms with E-state index in [1.54, 1.807) is 12.1 Å². The Hall–Kier alpha value is -3.23. The Morgan fingerprint density at radius 2 is 1.54 bits per heavy atom. The molecule has 0 spiro atoms. The van der Waals surface area contributed by atoms with Gasteiger partial charge in [-0.15, -0.1) is 0 Å². The van der Waals surface area contributed by atoms with Crippen molar-refractivity contribution in [3.05, 3.63) is 54.1 Å². The number of nitrogens with zero attached hydrogens (tertiary/aromatic N) is 2. The van der Waals surface area contributed by atoms with Gasteiger partial charge < -0.3 is 20.4 Å². The van der Waals surface area contributed by atoms with E-state index in [0.29, 0.717) is 31.1 Å². The maximum absolute atomic E-state index is 13.1. The minimum atomic E-state index is -4.56. The number of hydrogen-bond acceptors (Lipinski definition) is 3. The molecule has 0 aromatic heterocycles. The summed E-state index contributed by atoms with van der Waals surface area (Å²) >= 11 is 0. The maximum Gasteiger partial charge on any atom is 0.418 e. The first-order valence-electron chi connectivity index (χ1n) is 12.2. The molecule has 1 aliphatic carbocycles. The Balaban J connectivity index is 1.25. The third-order valence-corrected chi connectivity index (χ3v) is 6.84. The zero-order chi connectivity index (χ0) is 24.8. The van der Waals surface area contributed by atoms with Crippen molar-refractivity contribution in [1.82, 2.24) is 4.90 Å². The summed E-state index contributed by atoms with van der Waals surface area (Å²) in [6, 6.07) is 11.2. The maximum atomic E-state index is 13.1. The normalized spacial score (nSPS) is 16.9. The Morgan fingerprint density at radius 1 is 0.886 bits per heavy atom. The number of carbonyl (C=O) groups excluding carboxylic acids is 2. The highest BCUT2D eigenvalue weighted by molar-refractivity contribution is 6.00. The zero-order valence-electron chi connectivity index (χ0n) is 19.6. The minimum Gasteiger partial charge on any atom is -0.368 e. The number of urea groups is 1. The summed E-state index contributed by atoms with van der Waals surface area (Å²) < 4.78 is 39.4. The first-order valence-corrected chi connectivity index (χ1v) is 12.2. The largest absolute Gasteiger partial charge is 0.418 e. The van der Waals surface area contributed by atoms with Gasteiger partial charge in [-0.25, -0.2) is 4.79 Å². The molecule has 2 aromatic rings. The van der Waals surface area contributed by atoms with Crippen LogP contribution in [0.1, 0.15) is 44.1 Å². The van der Waals surface area contributed by atoms with Crippen LogP contribution < -0.4 is 15.5 Å². The number of nitrogens with one attached hydrogen (secondary N) is 2. The number of piperazine rings is 1. The van der Waals surface area contributed by atoms with E-state index < -0.39 is 17.8 Å². The summed E-state index contributed by atoms with van der Waals surface area (Å²) in [5.41, 5.74) is 0.235. The summed E-state index contributed by atoms with van der Waals surface area (Å²) in [6.07, 6.45) is 2.19. The van der Waals surface area contributed by atoms with Crippen molar-refractivity contribution in [2.75, 3.05) is 41.7 Å². The number of benzene rings is 2. The fraction of sp³-hybridized carbons (Fsp3) is 0.462. The Bertz CT molecular complexity index is 1010. The van der Waals surface area contributed by atoms with Gasteiger partial charge in [0, 0.05) is 44.0 Å². The first-order chi connectivity index (χ1) is 16.8. The van der Waals surface area contributed by atoms with Gasteiger partial charge in [0.15, 0.2) is 0 Å². The summed E-state index contributed by atoms with van der Waals surface area (Å²) in [5.74, 6) is 0.961. The molecule has 1 heterocycles. The second-order valence-corrected chi connectivity index (χ2v) is 9.23. The van der Waals surface area contributed by atoms with Gasteiger partial charge in [0.25, 0.3) is 0 Å². The fourth-order valence-corrected chi connectivity index (χ4v) is 4.88. The smallest absolute Gasteiger partial charge is 0.368 e. The summed E-state index contributed by atoms with van der Waals surface area (Å²) in [7, 11) is 0. The third-order valence-electron chi connectivity index (χ3n) is 6.84. The second-order valence-electron chi connectivity index (χ2n) is 9.23. The molecule has 4 rings (SSSR count). The molecule has 1 saturated heterocycles. The standard InChI is InChI=1S/C26H31F3N4O2/c27-26(28,29)22-7-3-4-8-23(22)31-25(35)30-20-10-12-21(13-11-20)32-15-17-33(18-16-32)24(34)14-9-19-5-1-2-6-19/h3-4,7-8,10-13,19H,1-2,5-6,9,14-18H2,(H2,30,31,35). The molecule has 9 heteroatoms. The average molecular weight is 489 g/mol. The van der Waals surface area contributed by atoms with Crippen molar-refractivity contribution in [3.8, 4) is 0 Å². The van der Waals surface area contributed by atoms with E-state index in [1.165, 1.54) is 43.9 Å². The van der Waals surface area contributed by atoms with Gasteiger partial charge in [0.05, 0.1) is 11.3 Å². The van der Waals surface area contributed by atoms with Crippen LogP contribution in [0.2, 0.25) is 0 Å². The number of anilines is 3. The van der Waals surface area contributed by atoms with E-state index >= 15 is 0 Å². The second kappa shape index (κ2) is 11.0. The van der Waals surface area contributed by atoms with Crippen LogP contribution in [-0.4, -0.2) is 43.0 Å². The predicted octanol–water partition coefficient (Wildman–Crippen LogP) is 5.97. The van der Waals surface area contributed by atoms with Gasteiger partial charge >= 0.3 is 12.2 Å². The molecule has 2 fully saturated rings. The summed E-state index contributed by atoms with van der Waals surface area (Å²) in [5, 5.41) is 4.84. The molecule has 35 heavy (non-hydrogen) atoms. The Labute approximate surface area is 203 Å². The number of halogens is 3. The summed E-state index contributed by atoms with van der Waals surface area (Å²) in [4.78, 5) is 28.9. The topological polar surface area (TPSA) is 64.7 Å². The average Bonchev–Trinajstić information content (AvgIpc) is 3.36. The quantitative estimate of drug-likeness (QED) is 0.527. The van der Waals surface area contributed by atoms with Crippen LogP contribution in [0.5, 0.6) is 0 Å². The predicted molar refractivity (Wildman–Crippen MR) is 131 cm³/mol. The van der Waals surface area contributed by atoms with Crippen molar-refractivity contribution < 1.29 is 22.8 Å². The highest BCUT2D eigenvalue weighted by Gasteiger charge is 2.33. The lowest BCUT2D eigenvalue weighted by Gasteiger charge is -2.36. The number of amides is 3. The molecule has 0 bridgehead atoms. The van der Waals surface area contributed by atoms with Crippen LogP contribution in [0.4, 0.5) is 35.0 Å². The highest BCUT2D eigenvalue weighted by Crippen LogP contribution is 2.34. The van der Waals surface area contributed by atoms with Gasteiger partial charge in [0.2, 0.25) is 5.91 Å². The monoisotopic (exact) mass is 488 g/mol. The van der Waals surface area contributed by atoms with Crippen molar-refractivity contribution in [1.29, 1.82) is 0 Å². The van der Waals surface area contributed by atoms with Crippen LogP contribution in [0.3, 0.4) is 0 Å². The van der Waals surface area contributed by atoms with E-state index in [4.69, 9.17) is 0 Å². The molecule has 3 amide bonds. The molecule has 188 valence electrons. The number of hydrogen-bond donors (Lipinski definition) is 2. The van der Waals surface area contributed by atoms with Crippen LogP contribution in [0, 0.1) is 5.92 Å². The van der Waals surface area contributed by atoms with Crippen molar-refractivity contribution in [2.24, 2.45) is 5.92 Å². The van der Waals surface area contributed by atoms with E-state index in [0.717, 1.165) is 31.3 Å². The molecule has 1 aliphatic heterocycles. The van der Waals surface area contributed by atoms with Crippen molar-refractivity contribution in [3.63, 3.8) is 0 Å². The van der Waals surface area contributed by atoms with Crippen LogP contribution in [0.25, 0.3) is 0 Å². The Kier molecular flexibility index (Phi) is 7.83. The number of para-hydroxylation sites is 1. The highest BCUT2D eigenvalue weighted by atomic mass is 19.4. The molecule has 0 radical (unpaired) electrons. The molecule has 6 nitrogen and oxygen atoms in total. The van der Waals surface area contributed by atoms with E-state index in [9.17, 15) is 22.8 Å². The minimum absolute atomic E-state index is 0.245.